The van der Waals surface area contributed by atoms with Crippen LogP contribution in [0, 0.1) is 0 Å². The molecule has 0 amide bonds. The smallest absolute Gasteiger partial charge is 0.0184 e. The first-order chi connectivity index (χ1) is 13.8. The molecule has 4 aromatic carbocycles. The highest BCUT2D eigenvalue weighted by Gasteiger charge is 2.03. The first-order valence-corrected chi connectivity index (χ1v) is 10.2. The van der Waals surface area contributed by atoms with Crippen LogP contribution < -0.4 is 0 Å². The molecule has 0 aliphatic rings. The number of hydrogen-bond donors (Lipinski definition) is 0. The Labute approximate surface area is 168 Å². The molecule has 0 saturated heterocycles. The lowest BCUT2D eigenvalue weighted by Crippen LogP contribution is -1.84. The molecule has 0 heterocycles. The molecule has 0 aromatic heterocycles. The lowest BCUT2D eigenvalue weighted by atomic mass is 9.97. The van der Waals surface area contributed by atoms with Crippen molar-refractivity contribution in [3.63, 3.8) is 0 Å². The van der Waals surface area contributed by atoms with Crippen molar-refractivity contribution in [2.45, 2.75) is 26.7 Å². The summed E-state index contributed by atoms with van der Waals surface area (Å²) in [6.45, 7) is 4.38. The summed E-state index contributed by atoms with van der Waals surface area (Å²) in [4.78, 5) is 0. The zero-order chi connectivity index (χ0) is 19.3. The average molecular weight is 363 g/mol. The predicted molar refractivity (Wildman–Crippen MR) is 122 cm³/mol. The molecule has 138 valence electrons. The maximum absolute atomic E-state index is 2.22. The minimum Gasteiger partial charge on any atom is -0.0613 e. The quantitative estimate of drug-likeness (QED) is 0.339. The second kappa shape index (κ2) is 8.27. The first-order valence-electron chi connectivity index (χ1n) is 10.2. The molecule has 0 N–H and O–H groups in total. The molecule has 0 heteroatoms. The van der Waals surface area contributed by atoms with E-state index in [1.165, 1.54) is 44.5 Å². The summed E-state index contributed by atoms with van der Waals surface area (Å²) >= 11 is 0. The third kappa shape index (κ3) is 3.92. The molecule has 4 rings (SSSR count). The molecule has 28 heavy (non-hydrogen) atoms. The Bertz CT molecular complexity index is 930. The van der Waals surface area contributed by atoms with E-state index in [2.05, 4.69) is 111 Å². The van der Waals surface area contributed by atoms with Gasteiger partial charge in [-0.05, 0) is 57.3 Å². The Balaban J connectivity index is 1.53. The van der Waals surface area contributed by atoms with Crippen LogP contribution in [0.25, 0.3) is 33.4 Å². The summed E-state index contributed by atoms with van der Waals surface area (Å²) in [5.74, 6) is 0. The van der Waals surface area contributed by atoms with Crippen LogP contribution in [0.1, 0.15) is 25.0 Å². The predicted octanol–water partition coefficient (Wildman–Crippen LogP) is 7.81. The van der Waals surface area contributed by atoms with Crippen LogP contribution in [0.5, 0.6) is 0 Å². The van der Waals surface area contributed by atoms with E-state index in [9.17, 15) is 0 Å². The summed E-state index contributed by atoms with van der Waals surface area (Å²) in [6, 6.07) is 35.5. The van der Waals surface area contributed by atoms with Crippen LogP contribution in [0.2, 0.25) is 0 Å². The van der Waals surface area contributed by atoms with E-state index in [1.807, 2.05) is 0 Å². The van der Waals surface area contributed by atoms with E-state index in [-0.39, 0.29) is 0 Å². The molecule has 0 radical (unpaired) electrons. The van der Waals surface area contributed by atoms with Crippen LogP contribution in [-0.4, -0.2) is 0 Å². The summed E-state index contributed by atoms with van der Waals surface area (Å²) < 4.78 is 0. The van der Waals surface area contributed by atoms with Crippen LogP contribution in [0.3, 0.4) is 0 Å². The molecule has 0 fully saturated rings. The highest BCUT2D eigenvalue weighted by Crippen LogP contribution is 2.28. The van der Waals surface area contributed by atoms with E-state index in [1.54, 1.807) is 0 Å². The Kier molecular flexibility index (Phi) is 5.39. The van der Waals surface area contributed by atoms with Crippen molar-refractivity contribution >= 4 is 0 Å². The highest BCUT2D eigenvalue weighted by atomic mass is 14.1. The van der Waals surface area contributed by atoms with Crippen LogP contribution in [-0.2, 0) is 12.8 Å². The van der Waals surface area contributed by atoms with Gasteiger partial charge in [-0.1, -0.05) is 111 Å². The Morgan fingerprint density at radius 3 is 0.679 bits per heavy atom. The van der Waals surface area contributed by atoms with Crippen molar-refractivity contribution in [2.24, 2.45) is 0 Å². The summed E-state index contributed by atoms with van der Waals surface area (Å²) in [7, 11) is 0. The monoisotopic (exact) mass is 362 g/mol. The highest BCUT2D eigenvalue weighted by molar-refractivity contribution is 5.73. The van der Waals surface area contributed by atoms with Crippen molar-refractivity contribution in [2.75, 3.05) is 0 Å². The Morgan fingerprint density at radius 2 is 0.500 bits per heavy atom. The van der Waals surface area contributed by atoms with Crippen molar-refractivity contribution in [3.05, 3.63) is 108 Å². The fourth-order valence-corrected chi connectivity index (χ4v) is 3.58. The van der Waals surface area contributed by atoms with E-state index >= 15 is 0 Å². The molecule has 0 spiro atoms. The van der Waals surface area contributed by atoms with Crippen molar-refractivity contribution in [1.29, 1.82) is 0 Å². The minimum absolute atomic E-state index is 1.08. The lowest BCUT2D eigenvalue weighted by Gasteiger charge is -2.08. The van der Waals surface area contributed by atoms with E-state index in [4.69, 9.17) is 0 Å². The second-order valence-electron chi connectivity index (χ2n) is 7.26. The summed E-state index contributed by atoms with van der Waals surface area (Å²) in [5, 5.41) is 0. The van der Waals surface area contributed by atoms with E-state index in [0.29, 0.717) is 0 Å². The number of rotatable bonds is 5. The molecular weight excluding hydrogens is 336 g/mol. The summed E-state index contributed by atoms with van der Waals surface area (Å²) in [5.41, 5.74) is 10.3. The van der Waals surface area contributed by atoms with E-state index < -0.39 is 0 Å². The zero-order valence-corrected chi connectivity index (χ0v) is 16.7. The van der Waals surface area contributed by atoms with Gasteiger partial charge in [-0.15, -0.1) is 0 Å². The van der Waals surface area contributed by atoms with Gasteiger partial charge in [0.15, 0.2) is 0 Å². The lowest BCUT2D eigenvalue weighted by molar-refractivity contribution is 1.14. The maximum atomic E-state index is 2.22. The van der Waals surface area contributed by atoms with Crippen LogP contribution in [0.4, 0.5) is 0 Å². The maximum Gasteiger partial charge on any atom is -0.0184 e. The van der Waals surface area contributed by atoms with Gasteiger partial charge in [0.25, 0.3) is 0 Å². The van der Waals surface area contributed by atoms with Gasteiger partial charge in [-0.3, -0.25) is 0 Å². The largest absolute Gasteiger partial charge is 0.0613 e. The van der Waals surface area contributed by atoms with Gasteiger partial charge >= 0.3 is 0 Å². The molecule has 0 bridgehead atoms. The zero-order valence-electron chi connectivity index (χ0n) is 16.7. The van der Waals surface area contributed by atoms with Gasteiger partial charge < -0.3 is 0 Å². The molecule has 0 saturated carbocycles. The third-order valence-corrected chi connectivity index (χ3v) is 5.49. The van der Waals surface area contributed by atoms with Gasteiger partial charge in [0.1, 0.15) is 0 Å². The van der Waals surface area contributed by atoms with Crippen molar-refractivity contribution < 1.29 is 0 Å². The van der Waals surface area contributed by atoms with Crippen molar-refractivity contribution in [3.8, 4) is 33.4 Å². The Hall–Kier alpha value is -3.12. The molecule has 0 aliphatic heterocycles. The normalized spacial score (nSPS) is 10.8. The topological polar surface area (TPSA) is 0 Å². The molecule has 0 nitrogen and oxygen atoms in total. The fraction of sp³-hybridized carbons (Fsp3) is 0.143. The summed E-state index contributed by atoms with van der Waals surface area (Å²) in [6.07, 6.45) is 2.16. The third-order valence-electron chi connectivity index (χ3n) is 5.49. The minimum atomic E-state index is 1.08. The SMILES string of the molecule is CCc1ccc(-c2ccc(-c3ccc(-c4ccc(CC)cc4)cc3)cc2)cc1. The first kappa shape index (κ1) is 18.3. The van der Waals surface area contributed by atoms with E-state index in [0.717, 1.165) is 12.8 Å². The number of benzene rings is 4. The number of aryl methyl sites for hydroxylation is 2. The molecule has 4 aromatic rings. The van der Waals surface area contributed by atoms with Gasteiger partial charge in [0.2, 0.25) is 0 Å². The van der Waals surface area contributed by atoms with Gasteiger partial charge in [0.05, 0.1) is 0 Å². The molecule has 0 unspecified atom stereocenters. The standard InChI is InChI=1S/C28H26/c1-3-21-5-9-23(10-6-21)25-13-17-27(18-14-25)28-19-15-26(16-20-28)24-11-7-22(4-2)8-12-24/h5-20H,3-4H2,1-2H3. The number of hydrogen-bond acceptors (Lipinski definition) is 0. The average Bonchev–Trinajstić information content (AvgIpc) is 2.79. The van der Waals surface area contributed by atoms with Gasteiger partial charge in [-0.25, -0.2) is 0 Å². The molecule has 0 aliphatic carbocycles. The van der Waals surface area contributed by atoms with Crippen LogP contribution >= 0.6 is 0 Å². The molecule has 0 atom stereocenters. The van der Waals surface area contributed by atoms with Crippen LogP contribution in [0.15, 0.2) is 97.1 Å². The van der Waals surface area contributed by atoms with Gasteiger partial charge in [-0.2, -0.15) is 0 Å². The van der Waals surface area contributed by atoms with Gasteiger partial charge in [0, 0.05) is 0 Å². The van der Waals surface area contributed by atoms with Crippen molar-refractivity contribution in [1.82, 2.24) is 0 Å². The molecular formula is C28H26. The fourth-order valence-electron chi connectivity index (χ4n) is 3.58. The second-order valence-corrected chi connectivity index (χ2v) is 7.26. The Morgan fingerprint density at radius 1 is 0.321 bits per heavy atom.